The number of para-hydroxylation sites is 1. The van der Waals surface area contributed by atoms with Crippen LogP contribution in [0.15, 0.2) is 47.4 Å². The molecule has 4 nitrogen and oxygen atoms in total. The summed E-state index contributed by atoms with van der Waals surface area (Å²) in [6, 6.07) is 10.8. The Morgan fingerprint density at radius 3 is 2.58 bits per heavy atom. The second-order valence-electron chi connectivity index (χ2n) is 5.82. The molecule has 0 atom stereocenters. The van der Waals surface area contributed by atoms with Gasteiger partial charge in [0.25, 0.3) is 5.91 Å². The van der Waals surface area contributed by atoms with E-state index in [1.165, 1.54) is 6.20 Å². The number of amides is 1. The van der Waals surface area contributed by atoms with Crippen LogP contribution < -0.4 is 10.7 Å². The molecule has 3 rings (SSSR count). The molecule has 0 fully saturated rings. The summed E-state index contributed by atoms with van der Waals surface area (Å²) in [5, 5.41) is 3.74. The van der Waals surface area contributed by atoms with E-state index in [0.717, 1.165) is 11.1 Å². The fourth-order valence-corrected chi connectivity index (χ4v) is 3.06. The molecular weight excluding hydrogens is 324 g/mol. The standard InChI is InChI=1S/C19H17ClN2O2/c1-11-6-4-9-16(12(11)2)21-19(24)14-10-22(3)17-13(18(14)23)7-5-8-15(17)20/h4-10H,1-3H3,(H,21,24). The Hall–Kier alpha value is -2.59. The van der Waals surface area contributed by atoms with Gasteiger partial charge in [-0.15, -0.1) is 0 Å². The van der Waals surface area contributed by atoms with Crippen molar-refractivity contribution in [3.05, 3.63) is 74.5 Å². The number of nitrogens with zero attached hydrogens (tertiary/aromatic N) is 1. The van der Waals surface area contributed by atoms with Crippen LogP contribution >= 0.6 is 11.6 Å². The van der Waals surface area contributed by atoms with E-state index in [0.29, 0.717) is 21.6 Å². The van der Waals surface area contributed by atoms with Crippen molar-refractivity contribution in [3.63, 3.8) is 0 Å². The van der Waals surface area contributed by atoms with E-state index < -0.39 is 5.91 Å². The quantitative estimate of drug-likeness (QED) is 0.764. The highest BCUT2D eigenvalue weighted by molar-refractivity contribution is 6.35. The molecule has 0 radical (unpaired) electrons. The predicted molar refractivity (Wildman–Crippen MR) is 98.1 cm³/mol. The third-order valence-corrected chi connectivity index (χ3v) is 4.55. The summed E-state index contributed by atoms with van der Waals surface area (Å²) in [7, 11) is 1.77. The summed E-state index contributed by atoms with van der Waals surface area (Å²) in [6.07, 6.45) is 1.52. The van der Waals surface area contributed by atoms with Crippen LogP contribution in [0.1, 0.15) is 21.5 Å². The Morgan fingerprint density at radius 2 is 1.83 bits per heavy atom. The maximum Gasteiger partial charge on any atom is 0.261 e. The van der Waals surface area contributed by atoms with Crippen LogP contribution in [0.25, 0.3) is 10.9 Å². The first-order valence-corrected chi connectivity index (χ1v) is 7.93. The summed E-state index contributed by atoms with van der Waals surface area (Å²) in [4.78, 5) is 25.3. The highest BCUT2D eigenvalue weighted by atomic mass is 35.5. The van der Waals surface area contributed by atoms with E-state index in [1.54, 1.807) is 29.8 Å². The van der Waals surface area contributed by atoms with Crippen LogP contribution in [0.3, 0.4) is 0 Å². The van der Waals surface area contributed by atoms with E-state index in [9.17, 15) is 9.59 Å². The first kappa shape index (κ1) is 16.3. The van der Waals surface area contributed by atoms with Crippen molar-refractivity contribution in [2.24, 2.45) is 7.05 Å². The number of halogens is 1. The normalized spacial score (nSPS) is 10.8. The lowest BCUT2D eigenvalue weighted by atomic mass is 10.1. The Morgan fingerprint density at radius 1 is 1.12 bits per heavy atom. The SMILES string of the molecule is Cc1cccc(NC(=O)c2cn(C)c3c(Cl)cccc3c2=O)c1C. The fraction of sp³-hybridized carbons (Fsp3) is 0.158. The van der Waals surface area contributed by atoms with Gasteiger partial charge in [0.05, 0.1) is 10.5 Å². The monoisotopic (exact) mass is 340 g/mol. The van der Waals surface area contributed by atoms with E-state index >= 15 is 0 Å². The van der Waals surface area contributed by atoms with E-state index in [4.69, 9.17) is 11.6 Å². The highest BCUT2D eigenvalue weighted by Crippen LogP contribution is 2.22. The summed E-state index contributed by atoms with van der Waals surface area (Å²) in [5.41, 5.74) is 3.14. The van der Waals surface area contributed by atoms with Gasteiger partial charge >= 0.3 is 0 Å². The maximum absolute atomic E-state index is 12.7. The first-order valence-electron chi connectivity index (χ1n) is 7.55. The fourth-order valence-electron chi connectivity index (χ4n) is 2.76. The van der Waals surface area contributed by atoms with Gasteiger partial charge in [0.15, 0.2) is 0 Å². The zero-order valence-corrected chi connectivity index (χ0v) is 14.4. The van der Waals surface area contributed by atoms with Crippen molar-refractivity contribution in [2.45, 2.75) is 13.8 Å². The molecule has 0 saturated heterocycles. The van der Waals surface area contributed by atoms with Crippen molar-refractivity contribution >= 4 is 34.1 Å². The minimum Gasteiger partial charge on any atom is -0.348 e. The largest absolute Gasteiger partial charge is 0.348 e. The molecule has 1 amide bonds. The molecule has 1 heterocycles. The van der Waals surface area contributed by atoms with Gasteiger partial charge in [0, 0.05) is 24.3 Å². The van der Waals surface area contributed by atoms with E-state index in [-0.39, 0.29) is 11.0 Å². The average molecular weight is 341 g/mol. The smallest absolute Gasteiger partial charge is 0.261 e. The Kier molecular flexibility index (Phi) is 4.16. The molecule has 0 aliphatic rings. The number of aryl methyl sites for hydroxylation is 2. The van der Waals surface area contributed by atoms with Crippen LogP contribution in [0.4, 0.5) is 5.69 Å². The summed E-state index contributed by atoms with van der Waals surface area (Å²) in [5.74, 6) is -0.425. The lowest BCUT2D eigenvalue weighted by Gasteiger charge is -2.12. The number of hydrogen-bond acceptors (Lipinski definition) is 2. The molecule has 122 valence electrons. The Balaban J connectivity index is 2.10. The number of carbonyl (C=O) groups is 1. The minimum absolute atomic E-state index is 0.0909. The van der Waals surface area contributed by atoms with Crippen LogP contribution in [-0.2, 0) is 7.05 Å². The maximum atomic E-state index is 12.7. The second-order valence-corrected chi connectivity index (χ2v) is 6.23. The predicted octanol–water partition coefficient (Wildman–Crippen LogP) is 4.06. The summed E-state index contributed by atoms with van der Waals surface area (Å²) in [6.45, 7) is 3.91. The number of fused-ring (bicyclic) bond motifs is 1. The third kappa shape index (κ3) is 2.69. The van der Waals surface area contributed by atoms with Gasteiger partial charge < -0.3 is 9.88 Å². The zero-order valence-electron chi connectivity index (χ0n) is 13.7. The van der Waals surface area contributed by atoms with Crippen molar-refractivity contribution in [1.82, 2.24) is 4.57 Å². The Bertz CT molecular complexity index is 1020. The van der Waals surface area contributed by atoms with Gasteiger partial charge in [0.2, 0.25) is 5.43 Å². The number of hydrogen-bond donors (Lipinski definition) is 1. The van der Waals surface area contributed by atoms with Crippen molar-refractivity contribution in [1.29, 1.82) is 0 Å². The molecular formula is C19H17ClN2O2. The topological polar surface area (TPSA) is 51.1 Å². The molecule has 0 aliphatic carbocycles. The van der Waals surface area contributed by atoms with Crippen LogP contribution in [-0.4, -0.2) is 10.5 Å². The van der Waals surface area contributed by atoms with Gasteiger partial charge in [-0.25, -0.2) is 0 Å². The molecule has 5 heteroatoms. The lowest BCUT2D eigenvalue weighted by Crippen LogP contribution is -2.23. The van der Waals surface area contributed by atoms with Crippen molar-refractivity contribution in [3.8, 4) is 0 Å². The van der Waals surface area contributed by atoms with Crippen LogP contribution in [0.5, 0.6) is 0 Å². The lowest BCUT2D eigenvalue weighted by molar-refractivity contribution is 0.102. The first-order chi connectivity index (χ1) is 11.4. The highest BCUT2D eigenvalue weighted by Gasteiger charge is 2.16. The van der Waals surface area contributed by atoms with Crippen LogP contribution in [0, 0.1) is 13.8 Å². The van der Waals surface area contributed by atoms with Crippen LogP contribution in [0.2, 0.25) is 5.02 Å². The Labute approximate surface area is 144 Å². The number of rotatable bonds is 2. The third-order valence-electron chi connectivity index (χ3n) is 4.25. The number of benzene rings is 2. The minimum atomic E-state index is -0.425. The van der Waals surface area contributed by atoms with E-state index in [2.05, 4.69) is 5.32 Å². The van der Waals surface area contributed by atoms with E-state index in [1.807, 2.05) is 32.0 Å². The number of anilines is 1. The van der Waals surface area contributed by atoms with Gasteiger partial charge in [0.1, 0.15) is 5.56 Å². The van der Waals surface area contributed by atoms with Gasteiger partial charge in [-0.3, -0.25) is 9.59 Å². The number of aromatic nitrogens is 1. The summed E-state index contributed by atoms with van der Waals surface area (Å²) < 4.78 is 1.71. The molecule has 3 aromatic rings. The molecule has 24 heavy (non-hydrogen) atoms. The van der Waals surface area contributed by atoms with Gasteiger partial charge in [-0.2, -0.15) is 0 Å². The molecule has 1 N–H and O–H groups in total. The molecule has 1 aromatic heterocycles. The molecule has 0 unspecified atom stereocenters. The molecule has 0 spiro atoms. The number of pyridine rings is 1. The number of carbonyl (C=O) groups excluding carboxylic acids is 1. The van der Waals surface area contributed by atoms with Gasteiger partial charge in [-0.1, -0.05) is 29.8 Å². The number of nitrogens with one attached hydrogen (secondary N) is 1. The van der Waals surface area contributed by atoms with Crippen molar-refractivity contribution < 1.29 is 4.79 Å². The summed E-state index contributed by atoms with van der Waals surface area (Å²) >= 11 is 6.17. The molecule has 0 bridgehead atoms. The zero-order chi connectivity index (χ0) is 17.4. The second kappa shape index (κ2) is 6.13. The molecule has 0 saturated carbocycles. The molecule has 0 aliphatic heterocycles. The van der Waals surface area contributed by atoms with Crippen molar-refractivity contribution in [2.75, 3.05) is 5.32 Å². The molecule has 2 aromatic carbocycles. The average Bonchev–Trinajstić information content (AvgIpc) is 2.55. The van der Waals surface area contributed by atoms with Gasteiger partial charge in [-0.05, 0) is 43.2 Å².